The van der Waals surface area contributed by atoms with Crippen LogP contribution in [0.2, 0.25) is 0 Å². The molecule has 1 aromatic carbocycles. The molecule has 2 N–H and O–H groups in total. The molecule has 1 saturated carbocycles. The fourth-order valence-electron chi connectivity index (χ4n) is 2.10. The van der Waals surface area contributed by atoms with Gasteiger partial charge in [0.15, 0.2) is 0 Å². The number of halogens is 1. The summed E-state index contributed by atoms with van der Waals surface area (Å²) in [6.07, 6.45) is 3.76. The summed E-state index contributed by atoms with van der Waals surface area (Å²) in [5.74, 6) is 0.617. The lowest BCUT2D eigenvalue weighted by Crippen LogP contribution is -2.22. The summed E-state index contributed by atoms with van der Waals surface area (Å²) in [5, 5.41) is 0. The van der Waals surface area contributed by atoms with Gasteiger partial charge in [-0.3, -0.25) is 0 Å². The van der Waals surface area contributed by atoms with Gasteiger partial charge in [-0.15, -0.1) is 12.4 Å². The zero-order valence-electron chi connectivity index (χ0n) is 7.65. The van der Waals surface area contributed by atoms with E-state index in [1.165, 1.54) is 24.8 Å². The average Bonchev–Trinajstić information content (AvgIpc) is 2.53. The van der Waals surface area contributed by atoms with Crippen LogP contribution in [-0.2, 0) is 0 Å². The molecule has 2 atom stereocenters. The van der Waals surface area contributed by atoms with Crippen molar-refractivity contribution in [1.82, 2.24) is 0 Å². The molecule has 0 heterocycles. The predicted molar refractivity (Wildman–Crippen MR) is 58.3 cm³/mol. The van der Waals surface area contributed by atoms with Crippen molar-refractivity contribution < 1.29 is 0 Å². The van der Waals surface area contributed by atoms with Crippen LogP contribution in [0, 0.1) is 0 Å². The monoisotopic (exact) mass is 197 g/mol. The zero-order valence-corrected chi connectivity index (χ0v) is 8.46. The Kier molecular flexibility index (Phi) is 3.76. The van der Waals surface area contributed by atoms with Gasteiger partial charge in [-0.25, -0.2) is 0 Å². The topological polar surface area (TPSA) is 26.0 Å². The molecule has 1 aromatic rings. The van der Waals surface area contributed by atoms with Crippen LogP contribution in [-0.4, -0.2) is 6.04 Å². The van der Waals surface area contributed by atoms with Crippen LogP contribution in [0.25, 0.3) is 0 Å². The Labute approximate surface area is 85.7 Å². The summed E-state index contributed by atoms with van der Waals surface area (Å²) in [7, 11) is 0. The standard InChI is InChI=1S/C11H15N.ClH/c12-11-8-4-7-10(11)9-5-2-1-3-6-9;/h1-3,5-6,10-11H,4,7-8,12H2;1H/t10-,11+;/m0./s1. The molecule has 0 aliphatic heterocycles. The van der Waals surface area contributed by atoms with E-state index in [0.717, 1.165) is 0 Å². The fourth-order valence-corrected chi connectivity index (χ4v) is 2.10. The van der Waals surface area contributed by atoms with Crippen molar-refractivity contribution in [3.05, 3.63) is 35.9 Å². The summed E-state index contributed by atoms with van der Waals surface area (Å²) in [4.78, 5) is 0. The number of benzene rings is 1. The summed E-state index contributed by atoms with van der Waals surface area (Å²) < 4.78 is 0. The number of rotatable bonds is 1. The van der Waals surface area contributed by atoms with Gasteiger partial charge >= 0.3 is 0 Å². The molecule has 0 spiro atoms. The molecule has 0 saturated heterocycles. The third-order valence-corrected chi connectivity index (χ3v) is 2.80. The van der Waals surface area contributed by atoms with Crippen molar-refractivity contribution in [2.45, 2.75) is 31.2 Å². The quantitative estimate of drug-likeness (QED) is 0.736. The minimum absolute atomic E-state index is 0. The number of nitrogens with two attached hydrogens (primary N) is 1. The van der Waals surface area contributed by atoms with Gasteiger partial charge in [0.1, 0.15) is 0 Å². The molecule has 2 rings (SSSR count). The highest BCUT2D eigenvalue weighted by Gasteiger charge is 2.24. The van der Waals surface area contributed by atoms with E-state index < -0.39 is 0 Å². The molecule has 0 aromatic heterocycles. The molecule has 0 unspecified atom stereocenters. The normalized spacial score (nSPS) is 26.8. The molecule has 1 fully saturated rings. The predicted octanol–water partition coefficient (Wildman–Crippen LogP) is 2.70. The Hall–Kier alpha value is -0.530. The maximum atomic E-state index is 6.01. The van der Waals surface area contributed by atoms with Crippen molar-refractivity contribution in [2.24, 2.45) is 5.73 Å². The summed E-state index contributed by atoms with van der Waals surface area (Å²) >= 11 is 0. The molecule has 1 aliphatic carbocycles. The summed E-state index contributed by atoms with van der Waals surface area (Å²) in [5.41, 5.74) is 7.43. The van der Waals surface area contributed by atoms with E-state index in [-0.39, 0.29) is 12.4 Å². The minimum Gasteiger partial charge on any atom is -0.327 e. The Bertz CT molecular complexity index is 248. The maximum absolute atomic E-state index is 6.01. The fraction of sp³-hybridized carbons (Fsp3) is 0.455. The first-order chi connectivity index (χ1) is 5.88. The highest BCUT2D eigenvalue weighted by molar-refractivity contribution is 5.85. The Morgan fingerprint density at radius 1 is 1.08 bits per heavy atom. The second-order valence-corrected chi connectivity index (χ2v) is 3.61. The lowest BCUT2D eigenvalue weighted by molar-refractivity contribution is 0.613. The van der Waals surface area contributed by atoms with E-state index in [2.05, 4.69) is 30.3 Å². The smallest absolute Gasteiger partial charge is 0.0108 e. The van der Waals surface area contributed by atoms with Crippen LogP contribution in [0.15, 0.2) is 30.3 Å². The highest BCUT2D eigenvalue weighted by atomic mass is 35.5. The van der Waals surface area contributed by atoms with Crippen LogP contribution in [0.3, 0.4) is 0 Å². The van der Waals surface area contributed by atoms with Gasteiger partial charge in [0, 0.05) is 6.04 Å². The molecule has 13 heavy (non-hydrogen) atoms. The van der Waals surface area contributed by atoms with Crippen LogP contribution in [0.4, 0.5) is 0 Å². The van der Waals surface area contributed by atoms with Crippen LogP contribution >= 0.6 is 12.4 Å². The summed E-state index contributed by atoms with van der Waals surface area (Å²) in [6, 6.07) is 11.0. The van der Waals surface area contributed by atoms with E-state index in [1.54, 1.807) is 0 Å². The van der Waals surface area contributed by atoms with Gasteiger partial charge in [-0.1, -0.05) is 36.8 Å². The van der Waals surface area contributed by atoms with Gasteiger partial charge < -0.3 is 5.73 Å². The van der Waals surface area contributed by atoms with Gasteiger partial charge in [0.2, 0.25) is 0 Å². The number of hydrogen-bond acceptors (Lipinski definition) is 1. The van der Waals surface area contributed by atoms with Crippen molar-refractivity contribution in [3.63, 3.8) is 0 Å². The Morgan fingerprint density at radius 2 is 1.77 bits per heavy atom. The van der Waals surface area contributed by atoms with E-state index in [9.17, 15) is 0 Å². The molecule has 0 amide bonds. The maximum Gasteiger partial charge on any atom is 0.0108 e. The molecule has 1 nitrogen and oxygen atoms in total. The van der Waals surface area contributed by atoms with Crippen molar-refractivity contribution in [3.8, 4) is 0 Å². The van der Waals surface area contributed by atoms with Crippen LogP contribution in [0.5, 0.6) is 0 Å². The van der Waals surface area contributed by atoms with Gasteiger partial charge in [0.05, 0.1) is 0 Å². The highest BCUT2D eigenvalue weighted by Crippen LogP contribution is 2.32. The minimum atomic E-state index is 0. The molecule has 1 aliphatic rings. The van der Waals surface area contributed by atoms with Crippen LogP contribution in [0.1, 0.15) is 30.7 Å². The lowest BCUT2D eigenvalue weighted by atomic mass is 9.95. The molecule has 0 radical (unpaired) electrons. The third-order valence-electron chi connectivity index (χ3n) is 2.80. The van der Waals surface area contributed by atoms with E-state index in [4.69, 9.17) is 5.73 Å². The Morgan fingerprint density at radius 3 is 2.31 bits per heavy atom. The molecule has 2 heteroatoms. The average molecular weight is 198 g/mol. The zero-order chi connectivity index (χ0) is 8.39. The molecular formula is C11H16ClN. The lowest BCUT2D eigenvalue weighted by Gasteiger charge is -2.14. The van der Waals surface area contributed by atoms with Crippen molar-refractivity contribution in [1.29, 1.82) is 0 Å². The third kappa shape index (κ3) is 2.23. The first kappa shape index (κ1) is 10.6. The van der Waals surface area contributed by atoms with Gasteiger partial charge in [-0.05, 0) is 24.3 Å². The van der Waals surface area contributed by atoms with Crippen LogP contribution < -0.4 is 5.73 Å². The largest absolute Gasteiger partial charge is 0.327 e. The molecule has 0 bridgehead atoms. The van der Waals surface area contributed by atoms with E-state index in [1.807, 2.05) is 0 Å². The van der Waals surface area contributed by atoms with Gasteiger partial charge in [0.25, 0.3) is 0 Å². The molecular weight excluding hydrogens is 182 g/mol. The second-order valence-electron chi connectivity index (χ2n) is 3.61. The molecule has 72 valence electrons. The number of hydrogen-bond donors (Lipinski definition) is 1. The summed E-state index contributed by atoms with van der Waals surface area (Å²) in [6.45, 7) is 0. The first-order valence-corrected chi connectivity index (χ1v) is 4.68. The second kappa shape index (κ2) is 4.64. The van der Waals surface area contributed by atoms with E-state index in [0.29, 0.717) is 12.0 Å². The van der Waals surface area contributed by atoms with Crippen molar-refractivity contribution >= 4 is 12.4 Å². The Balaban J connectivity index is 0.000000845. The van der Waals surface area contributed by atoms with E-state index >= 15 is 0 Å². The first-order valence-electron chi connectivity index (χ1n) is 4.68. The van der Waals surface area contributed by atoms with Gasteiger partial charge in [-0.2, -0.15) is 0 Å². The SMILES string of the molecule is Cl.N[C@@H]1CCC[C@H]1c1ccccc1. The van der Waals surface area contributed by atoms with Crippen molar-refractivity contribution in [2.75, 3.05) is 0 Å².